The van der Waals surface area contributed by atoms with Crippen LogP contribution in [0.5, 0.6) is 0 Å². The Morgan fingerprint density at radius 1 is 1.31 bits per heavy atom. The molecule has 88 valence electrons. The minimum atomic E-state index is -0.867. The highest BCUT2D eigenvalue weighted by molar-refractivity contribution is 5.87. The van der Waals surface area contributed by atoms with E-state index < -0.39 is 5.97 Å². The van der Waals surface area contributed by atoms with Crippen molar-refractivity contribution in [1.29, 1.82) is 0 Å². The average Bonchev–Trinajstić information content (AvgIpc) is 2.28. The lowest BCUT2D eigenvalue weighted by atomic mass is 9.74. The normalized spacial score (nSPS) is 13.5. The first kappa shape index (κ1) is 12.8. The van der Waals surface area contributed by atoms with Gasteiger partial charge >= 0.3 is 5.97 Å². The molecule has 2 heteroatoms. The van der Waals surface area contributed by atoms with Gasteiger partial charge in [0, 0.05) is 0 Å². The molecule has 1 unspecified atom stereocenters. The number of hydrogen-bond acceptors (Lipinski definition) is 1. The van der Waals surface area contributed by atoms with Gasteiger partial charge in [-0.05, 0) is 29.0 Å². The Morgan fingerprint density at radius 2 is 1.81 bits per heavy atom. The highest BCUT2D eigenvalue weighted by Gasteiger charge is 2.24. The minimum Gasteiger partial charge on any atom is -0.478 e. The van der Waals surface area contributed by atoms with Crippen molar-refractivity contribution in [3.8, 4) is 0 Å². The first-order valence-corrected chi connectivity index (χ1v) is 5.71. The number of carboxylic acids is 1. The molecule has 0 radical (unpaired) electrons. The van der Waals surface area contributed by atoms with Crippen LogP contribution < -0.4 is 0 Å². The van der Waals surface area contributed by atoms with E-state index in [2.05, 4.69) is 27.7 Å². The fourth-order valence-electron chi connectivity index (χ4n) is 1.67. The van der Waals surface area contributed by atoms with E-state index in [1.807, 2.05) is 12.1 Å². The van der Waals surface area contributed by atoms with Gasteiger partial charge in [-0.3, -0.25) is 0 Å². The SMILES string of the molecule is CCC(C)(C)C(C)c1ccc(C(=O)O)cc1. The zero-order valence-corrected chi connectivity index (χ0v) is 10.4. The Kier molecular flexibility index (Phi) is 3.74. The number of carboxylic acid groups (broad SMARTS) is 1. The Balaban J connectivity index is 2.94. The number of aromatic carboxylic acids is 1. The molecule has 0 saturated heterocycles. The standard InChI is InChI=1S/C14H20O2/c1-5-14(3,4)10(2)11-6-8-12(9-7-11)13(15)16/h6-10H,5H2,1-4H3,(H,15,16). The van der Waals surface area contributed by atoms with E-state index in [4.69, 9.17) is 5.11 Å². The lowest BCUT2D eigenvalue weighted by Crippen LogP contribution is -2.18. The summed E-state index contributed by atoms with van der Waals surface area (Å²) in [6.07, 6.45) is 1.11. The Hall–Kier alpha value is -1.31. The molecule has 0 aromatic heterocycles. The maximum atomic E-state index is 10.7. The summed E-state index contributed by atoms with van der Waals surface area (Å²) in [5.74, 6) is -0.436. The monoisotopic (exact) mass is 220 g/mol. The van der Waals surface area contributed by atoms with Gasteiger partial charge in [-0.2, -0.15) is 0 Å². The quantitative estimate of drug-likeness (QED) is 0.834. The largest absolute Gasteiger partial charge is 0.478 e. The third kappa shape index (κ3) is 2.63. The van der Waals surface area contributed by atoms with Crippen LogP contribution in [0.1, 0.15) is 56.0 Å². The number of hydrogen-bond donors (Lipinski definition) is 1. The van der Waals surface area contributed by atoms with Crippen molar-refractivity contribution in [1.82, 2.24) is 0 Å². The zero-order chi connectivity index (χ0) is 12.3. The van der Waals surface area contributed by atoms with Gasteiger partial charge in [0.1, 0.15) is 0 Å². The molecule has 1 rings (SSSR count). The summed E-state index contributed by atoms with van der Waals surface area (Å²) in [5.41, 5.74) is 1.80. The van der Waals surface area contributed by atoms with Gasteiger partial charge in [0.15, 0.2) is 0 Å². The van der Waals surface area contributed by atoms with Crippen molar-refractivity contribution >= 4 is 5.97 Å². The lowest BCUT2D eigenvalue weighted by molar-refractivity contribution is 0.0697. The fraction of sp³-hybridized carbons (Fsp3) is 0.500. The smallest absolute Gasteiger partial charge is 0.335 e. The highest BCUT2D eigenvalue weighted by Crippen LogP contribution is 2.37. The van der Waals surface area contributed by atoms with Crippen LogP contribution in [0.4, 0.5) is 0 Å². The molecular formula is C14H20O2. The molecule has 0 aliphatic rings. The van der Waals surface area contributed by atoms with E-state index in [1.54, 1.807) is 12.1 Å². The molecule has 1 N–H and O–H groups in total. The van der Waals surface area contributed by atoms with Crippen LogP contribution in [0, 0.1) is 5.41 Å². The van der Waals surface area contributed by atoms with Crippen LogP contribution in [0.3, 0.4) is 0 Å². The van der Waals surface area contributed by atoms with Gasteiger partial charge < -0.3 is 5.11 Å². The van der Waals surface area contributed by atoms with Gasteiger partial charge in [0.2, 0.25) is 0 Å². The van der Waals surface area contributed by atoms with E-state index in [1.165, 1.54) is 5.56 Å². The maximum absolute atomic E-state index is 10.7. The predicted molar refractivity (Wildman–Crippen MR) is 65.9 cm³/mol. The first-order chi connectivity index (χ1) is 7.38. The number of carbonyl (C=O) groups is 1. The summed E-state index contributed by atoms with van der Waals surface area (Å²) in [6.45, 7) is 8.85. The van der Waals surface area contributed by atoms with Crippen LogP contribution in [0.15, 0.2) is 24.3 Å². The molecule has 0 fully saturated rings. The second-order valence-corrected chi connectivity index (χ2v) is 4.99. The molecule has 0 saturated carbocycles. The Bertz CT molecular complexity index is 363. The summed E-state index contributed by atoms with van der Waals surface area (Å²) in [7, 11) is 0. The predicted octanol–water partition coefficient (Wildman–Crippen LogP) is 3.92. The summed E-state index contributed by atoms with van der Waals surface area (Å²) < 4.78 is 0. The fourth-order valence-corrected chi connectivity index (χ4v) is 1.67. The van der Waals surface area contributed by atoms with E-state index in [-0.39, 0.29) is 5.41 Å². The third-order valence-corrected chi connectivity index (χ3v) is 3.74. The van der Waals surface area contributed by atoms with Crippen molar-refractivity contribution in [3.63, 3.8) is 0 Å². The summed E-state index contributed by atoms with van der Waals surface area (Å²) in [5, 5.41) is 8.82. The molecule has 2 nitrogen and oxygen atoms in total. The molecule has 0 spiro atoms. The van der Waals surface area contributed by atoms with Gasteiger partial charge in [-0.1, -0.05) is 46.2 Å². The second-order valence-electron chi connectivity index (χ2n) is 4.99. The van der Waals surface area contributed by atoms with E-state index in [0.29, 0.717) is 11.5 Å². The van der Waals surface area contributed by atoms with Crippen molar-refractivity contribution in [2.45, 2.75) is 40.0 Å². The molecule has 0 heterocycles. The molecular weight excluding hydrogens is 200 g/mol. The Morgan fingerprint density at radius 3 is 2.19 bits per heavy atom. The molecule has 0 bridgehead atoms. The number of benzene rings is 1. The third-order valence-electron chi connectivity index (χ3n) is 3.74. The molecule has 0 aliphatic carbocycles. The van der Waals surface area contributed by atoms with Gasteiger partial charge in [-0.15, -0.1) is 0 Å². The van der Waals surface area contributed by atoms with Crippen LogP contribution in [-0.2, 0) is 0 Å². The lowest BCUT2D eigenvalue weighted by Gasteiger charge is -2.31. The summed E-state index contributed by atoms with van der Waals surface area (Å²) in [6, 6.07) is 7.21. The first-order valence-electron chi connectivity index (χ1n) is 5.71. The zero-order valence-electron chi connectivity index (χ0n) is 10.4. The summed E-state index contributed by atoms with van der Waals surface area (Å²) in [4.78, 5) is 10.7. The molecule has 1 aromatic rings. The van der Waals surface area contributed by atoms with Crippen molar-refractivity contribution in [2.24, 2.45) is 5.41 Å². The van der Waals surface area contributed by atoms with Crippen molar-refractivity contribution < 1.29 is 9.90 Å². The average molecular weight is 220 g/mol. The van der Waals surface area contributed by atoms with Crippen LogP contribution >= 0.6 is 0 Å². The van der Waals surface area contributed by atoms with Gasteiger partial charge in [0.25, 0.3) is 0 Å². The van der Waals surface area contributed by atoms with Crippen molar-refractivity contribution in [3.05, 3.63) is 35.4 Å². The summed E-state index contributed by atoms with van der Waals surface area (Å²) >= 11 is 0. The van der Waals surface area contributed by atoms with Gasteiger partial charge in [-0.25, -0.2) is 4.79 Å². The maximum Gasteiger partial charge on any atom is 0.335 e. The minimum absolute atomic E-state index is 0.241. The second kappa shape index (κ2) is 4.69. The Labute approximate surface area is 97.3 Å². The molecule has 16 heavy (non-hydrogen) atoms. The molecule has 1 atom stereocenters. The van der Waals surface area contributed by atoms with Crippen molar-refractivity contribution in [2.75, 3.05) is 0 Å². The van der Waals surface area contributed by atoms with Crippen LogP contribution in [0.2, 0.25) is 0 Å². The molecule has 0 aliphatic heterocycles. The van der Waals surface area contributed by atoms with Crippen LogP contribution in [-0.4, -0.2) is 11.1 Å². The van der Waals surface area contributed by atoms with E-state index in [0.717, 1.165) is 6.42 Å². The topological polar surface area (TPSA) is 37.3 Å². The van der Waals surface area contributed by atoms with Gasteiger partial charge in [0.05, 0.1) is 5.56 Å². The van der Waals surface area contributed by atoms with Crippen LogP contribution in [0.25, 0.3) is 0 Å². The molecule has 0 amide bonds. The highest BCUT2D eigenvalue weighted by atomic mass is 16.4. The van der Waals surface area contributed by atoms with E-state index in [9.17, 15) is 4.79 Å². The number of rotatable bonds is 4. The van der Waals surface area contributed by atoms with E-state index >= 15 is 0 Å². The molecule has 1 aromatic carbocycles.